The molecule has 0 amide bonds. The van der Waals surface area contributed by atoms with Crippen molar-refractivity contribution in [3.63, 3.8) is 0 Å². The van der Waals surface area contributed by atoms with Gasteiger partial charge in [-0.25, -0.2) is 19.3 Å². The number of rotatable bonds is 4. The lowest BCUT2D eigenvalue weighted by Crippen LogP contribution is -2.09. The quantitative estimate of drug-likeness (QED) is 0.610. The standard InChI is InChI=1S/C19H16FN5/c1-13(14-4-2-5-15(10-14)25-9-8-21-12-25)24-19-16-6-3-7-17(20)18(16)22-11-23-19/h2-13H,1H3,(H,22,23,24)/t13-/m0/s1. The molecule has 0 aliphatic heterocycles. The Morgan fingerprint density at radius 1 is 1.12 bits per heavy atom. The number of hydrogen-bond donors (Lipinski definition) is 1. The Bertz CT molecular complexity index is 1010. The molecule has 1 atom stereocenters. The van der Waals surface area contributed by atoms with Crippen molar-refractivity contribution in [2.75, 3.05) is 5.32 Å². The fourth-order valence-electron chi connectivity index (χ4n) is 2.82. The highest BCUT2D eigenvalue weighted by Gasteiger charge is 2.12. The third kappa shape index (κ3) is 2.94. The summed E-state index contributed by atoms with van der Waals surface area (Å²) in [6.45, 7) is 2.04. The highest BCUT2D eigenvalue weighted by Crippen LogP contribution is 2.26. The third-order valence-corrected chi connectivity index (χ3v) is 4.14. The number of nitrogens with zero attached hydrogens (tertiary/aromatic N) is 4. The topological polar surface area (TPSA) is 55.6 Å². The van der Waals surface area contributed by atoms with E-state index in [2.05, 4.69) is 26.3 Å². The van der Waals surface area contributed by atoms with Crippen molar-refractivity contribution in [2.45, 2.75) is 13.0 Å². The van der Waals surface area contributed by atoms with Gasteiger partial charge in [-0.1, -0.05) is 18.2 Å². The molecule has 0 bridgehead atoms. The molecule has 1 N–H and O–H groups in total. The molecule has 0 unspecified atom stereocenters. The van der Waals surface area contributed by atoms with Gasteiger partial charge in [0.25, 0.3) is 0 Å². The van der Waals surface area contributed by atoms with E-state index >= 15 is 0 Å². The molecule has 25 heavy (non-hydrogen) atoms. The second-order valence-electron chi connectivity index (χ2n) is 5.79. The molecule has 5 nitrogen and oxygen atoms in total. The zero-order chi connectivity index (χ0) is 17.2. The molecule has 0 aliphatic carbocycles. The number of benzene rings is 2. The van der Waals surface area contributed by atoms with E-state index in [-0.39, 0.29) is 11.9 Å². The smallest absolute Gasteiger partial charge is 0.149 e. The van der Waals surface area contributed by atoms with E-state index in [1.165, 1.54) is 12.4 Å². The van der Waals surface area contributed by atoms with Crippen LogP contribution in [0.3, 0.4) is 0 Å². The number of fused-ring (bicyclic) bond motifs is 1. The van der Waals surface area contributed by atoms with Crippen LogP contribution in [-0.2, 0) is 0 Å². The van der Waals surface area contributed by atoms with Crippen LogP contribution < -0.4 is 5.32 Å². The number of halogens is 1. The third-order valence-electron chi connectivity index (χ3n) is 4.14. The van der Waals surface area contributed by atoms with Crippen molar-refractivity contribution in [3.05, 3.63) is 78.9 Å². The fraction of sp³-hybridized carbons (Fsp3) is 0.105. The Kier molecular flexibility index (Phi) is 3.85. The largest absolute Gasteiger partial charge is 0.363 e. The van der Waals surface area contributed by atoms with E-state index < -0.39 is 0 Å². The second-order valence-corrected chi connectivity index (χ2v) is 5.79. The minimum Gasteiger partial charge on any atom is -0.363 e. The van der Waals surface area contributed by atoms with E-state index in [1.807, 2.05) is 42.0 Å². The SMILES string of the molecule is C[C@H](Nc1ncnc2c(F)cccc12)c1cccc(-n2ccnc2)c1. The minimum absolute atomic E-state index is 0.00941. The molecule has 0 saturated heterocycles. The van der Waals surface area contributed by atoms with Gasteiger partial charge in [-0.15, -0.1) is 0 Å². The van der Waals surface area contributed by atoms with Crippen molar-refractivity contribution in [3.8, 4) is 5.69 Å². The highest BCUT2D eigenvalue weighted by molar-refractivity contribution is 5.89. The molecule has 0 radical (unpaired) electrons. The van der Waals surface area contributed by atoms with Crippen molar-refractivity contribution < 1.29 is 4.39 Å². The maximum atomic E-state index is 13.9. The minimum atomic E-state index is -0.349. The number of hydrogen-bond acceptors (Lipinski definition) is 4. The number of imidazole rings is 1. The van der Waals surface area contributed by atoms with E-state index in [0.29, 0.717) is 16.7 Å². The van der Waals surface area contributed by atoms with Crippen LogP contribution in [0.25, 0.3) is 16.6 Å². The lowest BCUT2D eigenvalue weighted by atomic mass is 10.1. The van der Waals surface area contributed by atoms with Gasteiger partial charge in [-0.05, 0) is 36.8 Å². The van der Waals surface area contributed by atoms with Crippen LogP contribution in [0.5, 0.6) is 0 Å². The monoisotopic (exact) mass is 333 g/mol. The van der Waals surface area contributed by atoms with E-state index in [0.717, 1.165) is 11.3 Å². The van der Waals surface area contributed by atoms with Crippen LogP contribution in [0, 0.1) is 5.82 Å². The van der Waals surface area contributed by atoms with Gasteiger partial charge in [-0.2, -0.15) is 0 Å². The average molecular weight is 333 g/mol. The number of para-hydroxylation sites is 1. The Morgan fingerprint density at radius 2 is 2.00 bits per heavy atom. The lowest BCUT2D eigenvalue weighted by molar-refractivity contribution is 0.636. The summed E-state index contributed by atoms with van der Waals surface area (Å²) in [6.07, 6.45) is 6.79. The summed E-state index contributed by atoms with van der Waals surface area (Å²) in [6, 6.07) is 13.0. The molecule has 0 saturated carbocycles. The van der Waals surface area contributed by atoms with Crippen molar-refractivity contribution in [1.29, 1.82) is 0 Å². The average Bonchev–Trinajstić information content (AvgIpc) is 3.17. The maximum Gasteiger partial charge on any atom is 0.149 e. The van der Waals surface area contributed by atoms with Gasteiger partial charge in [0.05, 0.1) is 12.4 Å². The fourth-order valence-corrected chi connectivity index (χ4v) is 2.82. The molecule has 4 aromatic rings. The van der Waals surface area contributed by atoms with Crippen molar-refractivity contribution in [2.24, 2.45) is 0 Å². The number of aromatic nitrogens is 4. The Labute approximate surface area is 144 Å². The maximum absolute atomic E-state index is 13.9. The molecule has 6 heteroatoms. The summed E-state index contributed by atoms with van der Waals surface area (Å²) in [5.41, 5.74) is 2.44. The Morgan fingerprint density at radius 3 is 2.84 bits per heavy atom. The van der Waals surface area contributed by atoms with Crippen LogP contribution in [0.15, 0.2) is 67.5 Å². The summed E-state index contributed by atoms with van der Waals surface area (Å²) in [5.74, 6) is 0.266. The molecule has 0 aliphatic rings. The summed E-state index contributed by atoms with van der Waals surface area (Å²) in [5, 5.41) is 4.03. The first-order valence-electron chi connectivity index (χ1n) is 7.96. The first kappa shape index (κ1) is 15.3. The van der Waals surface area contributed by atoms with E-state index in [1.54, 1.807) is 18.6 Å². The first-order valence-corrected chi connectivity index (χ1v) is 7.96. The van der Waals surface area contributed by atoms with Gasteiger partial charge in [0, 0.05) is 23.5 Å². The lowest BCUT2D eigenvalue weighted by Gasteiger charge is -2.17. The second kappa shape index (κ2) is 6.32. The molecule has 2 heterocycles. The van der Waals surface area contributed by atoms with Crippen molar-refractivity contribution in [1.82, 2.24) is 19.5 Å². The molecule has 2 aromatic heterocycles. The van der Waals surface area contributed by atoms with Gasteiger partial charge in [-0.3, -0.25) is 0 Å². The Hall–Kier alpha value is -3.28. The van der Waals surface area contributed by atoms with E-state index in [9.17, 15) is 4.39 Å². The van der Waals surface area contributed by atoms with Gasteiger partial charge < -0.3 is 9.88 Å². The van der Waals surface area contributed by atoms with Crippen LogP contribution >= 0.6 is 0 Å². The first-order chi connectivity index (χ1) is 12.2. The summed E-state index contributed by atoms with van der Waals surface area (Å²) >= 11 is 0. The molecular formula is C19H16FN5. The number of nitrogens with one attached hydrogen (secondary N) is 1. The van der Waals surface area contributed by atoms with E-state index in [4.69, 9.17) is 0 Å². The molecule has 4 rings (SSSR count). The molecule has 0 fully saturated rings. The highest BCUT2D eigenvalue weighted by atomic mass is 19.1. The van der Waals surface area contributed by atoms with Crippen molar-refractivity contribution >= 4 is 16.7 Å². The summed E-state index contributed by atoms with van der Waals surface area (Å²) in [4.78, 5) is 12.4. The van der Waals surface area contributed by atoms with Gasteiger partial charge in [0.2, 0.25) is 0 Å². The predicted octanol–water partition coefficient (Wildman–Crippen LogP) is 4.13. The molecule has 0 spiro atoms. The zero-order valence-corrected chi connectivity index (χ0v) is 13.6. The summed E-state index contributed by atoms with van der Waals surface area (Å²) < 4.78 is 15.9. The van der Waals surface area contributed by atoms with Gasteiger partial charge >= 0.3 is 0 Å². The predicted molar refractivity (Wildman–Crippen MR) is 95.1 cm³/mol. The van der Waals surface area contributed by atoms with Crippen LogP contribution in [0.4, 0.5) is 10.2 Å². The van der Waals surface area contributed by atoms with Gasteiger partial charge in [0.1, 0.15) is 23.5 Å². The Balaban J connectivity index is 1.66. The van der Waals surface area contributed by atoms with Crippen LogP contribution in [-0.4, -0.2) is 19.5 Å². The van der Waals surface area contributed by atoms with Gasteiger partial charge in [0.15, 0.2) is 0 Å². The van der Waals surface area contributed by atoms with Crippen LogP contribution in [0.2, 0.25) is 0 Å². The molecule has 2 aromatic carbocycles. The normalized spacial score (nSPS) is 12.2. The zero-order valence-electron chi connectivity index (χ0n) is 13.6. The van der Waals surface area contributed by atoms with Crippen LogP contribution in [0.1, 0.15) is 18.5 Å². The summed E-state index contributed by atoms with van der Waals surface area (Å²) in [7, 11) is 0. The molecular weight excluding hydrogens is 317 g/mol. The number of anilines is 1. The molecule has 124 valence electrons.